The van der Waals surface area contributed by atoms with Gasteiger partial charge < -0.3 is 15.5 Å². The Hall–Kier alpha value is -2.35. The van der Waals surface area contributed by atoms with Gasteiger partial charge in [-0.25, -0.2) is 4.79 Å². The summed E-state index contributed by atoms with van der Waals surface area (Å²) in [5.41, 5.74) is 7.28. The molecule has 0 saturated carbocycles. The molecule has 7 nitrogen and oxygen atoms in total. The summed E-state index contributed by atoms with van der Waals surface area (Å²) in [4.78, 5) is 35.9. The van der Waals surface area contributed by atoms with Crippen molar-refractivity contribution in [3.05, 3.63) is 63.9 Å². The second-order valence-corrected chi connectivity index (χ2v) is 12.1. The number of nitrogens with zero attached hydrogens (tertiary/aromatic N) is 4. The molecule has 3 amide bonds. The number of nitrogens with two attached hydrogens (primary N) is 1. The highest BCUT2D eigenvalue weighted by molar-refractivity contribution is 6.42. The molecule has 2 fully saturated rings. The first-order valence-electron chi connectivity index (χ1n) is 13.0. The second-order valence-electron chi connectivity index (χ2n) is 11.3. The standard InChI is InChI=1S/C28H37Cl2N5O2/c1-28(2,3)24-18-34(14-15-35(24)25(36)16-19-9-12-33(13-10-19)27(31)37)26(23-6-4-5-11-32-23)20-7-8-21(29)22(30)17-20/h4-8,11,17,19,24,26H,9-10,12-16,18H2,1-3H3,(H2,31,37)/t24-,26?/m1/s1. The minimum absolute atomic E-state index is 0.0356. The van der Waals surface area contributed by atoms with Gasteiger partial charge >= 0.3 is 6.03 Å². The van der Waals surface area contributed by atoms with Crippen molar-refractivity contribution < 1.29 is 9.59 Å². The number of hydrogen-bond acceptors (Lipinski definition) is 4. The number of halogens is 2. The lowest BCUT2D eigenvalue weighted by Crippen LogP contribution is -2.60. The molecule has 4 rings (SSSR count). The van der Waals surface area contributed by atoms with E-state index >= 15 is 0 Å². The number of piperazine rings is 1. The molecule has 2 aliphatic rings. The number of benzene rings is 1. The van der Waals surface area contributed by atoms with Crippen LogP contribution < -0.4 is 5.73 Å². The van der Waals surface area contributed by atoms with Crippen molar-refractivity contribution in [2.45, 2.75) is 52.1 Å². The van der Waals surface area contributed by atoms with Crippen LogP contribution in [0.1, 0.15) is 57.3 Å². The van der Waals surface area contributed by atoms with Crippen molar-refractivity contribution in [3.8, 4) is 0 Å². The quantitative estimate of drug-likeness (QED) is 0.558. The van der Waals surface area contributed by atoms with Crippen molar-refractivity contribution in [3.63, 3.8) is 0 Å². The maximum Gasteiger partial charge on any atom is 0.314 e. The van der Waals surface area contributed by atoms with Crippen LogP contribution >= 0.6 is 23.2 Å². The number of piperidine rings is 1. The average Bonchev–Trinajstić information content (AvgIpc) is 2.86. The number of amides is 3. The zero-order valence-electron chi connectivity index (χ0n) is 21.9. The highest BCUT2D eigenvalue weighted by Crippen LogP contribution is 2.37. The summed E-state index contributed by atoms with van der Waals surface area (Å²) in [6, 6.07) is 11.3. The first-order valence-corrected chi connectivity index (χ1v) is 13.7. The second kappa shape index (κ2) is 11.6. The molecule has 3 heterocycles. The van der Waals surface area contributed by atoms with E-state index in [2.05, 4.69) is 35.6 Å². The van der Waals surface area contributed by atoms with Crippen LogP contribution in [-0.4, -0.2) is 70.4 Å². The summed E-state index contributed by atoms with van der Waals surface area (Å²) in [5, 5.41) is 1.04. The molecule has 37 heavy (non-hydrogen) atoms. The van der Waals surface area contributed by atoms with Crippen LogP contribution in [0.5, 0.6) is 0 Å². The molecule has 2 aliphatic heterocycles. The van der Waals surface area contributed by atoms with Gasteiger partial charge in [0.2, 0.25) is 5.91 Å². The molecule has 0 radical (unpaired) electrons. The fourth-order valence-corrected chi connectivity index (χ4v) is 5.90. The summed E-state index contributed by atoms with van der Waals surface area (Å²) < 4.78 is 0. The number of pyridine rings is 1. The van der Waals surface area contributed by atoms with Crippen molar-refractivity contribution in [2.24, 2.45) is 17.1 Å². The van der Waals surface area contributed by atoms with E-state index in [1.807, 2.05) is 42.6 Å². The maximum absolute atomic E-state index is 13.6. The predicted molar refractivity (Wildman–Crippen MR) is 148 cm³/mol. The lowest BCUT2D eigenvalue weighted by atomic mass is 9.82. The molecule has 2 saturated heterocycles. The number of carbonyl (C=O) groups excluding carboxylic acids is 2. The molecular weight excluding hydrogens is 509 g/mol. The van der Waals surface area contributed by atoms with Crippen LogP contribution in [0.3, 0.4) is 0 Å². The Labute approximate surface area is 229 Å². The molecule has 2 N–H and O–H groups in total. The van der Waals surface area contributed by atoms with E-state index in [9.17, 15) is 9.59 Å². The Morgan fingerprint density at radius 2 is 1.78 bits per heavy atom. The molecule has 0 spiro atoms. The largest absolute Gasteiger partial charge is 0.351 e. The van der Waals surface area contributed by atoms with Crippen molar-refractivity contribution in [1.82, 2.24) is 19.7 Å². The van der Waals surface area contributed by atoms with Crippen molar-refractivity contribution >= 4 is 35.1 Å². The number of likely N-dealkylation sites (tertiary alicyclic amines) is 1. The van der Waals surface area contributed by atoms with Crippen LogP contribution in [0.25, 0.3) is 0 Å². The predicted octanol–water partition coefficient (Wildman–Crippen LogP) is 5.22. The summed E-state index contributed by atoms with van der Waals surface area (Å²) in [5.74, 6) is 0.472. The molecule has 200 valence electrons. The zero-order valence-corrected chi connectivity index (χ0v) is 23.4. The number of rotatable bonds is 5. The van der Waals surface area contributed by atoms with Gasteiger partial charge in [-0.1, -0.05) is 56.1 Å². The van der Waals surface area contributed by atoms with Gasteiger partial charge in [0.05, 0.1) is 21.8 Å². The number of carbonyl (C=O) groups is 2. The number of primary amides is 1. The lowest BCUT2D eigenvalue weighted by molar-refractivity contribution is -0.141. The smallest absolute Gasteiger partial charge is 0.314 e. The van der Waals surface area contributed by atoms with Crippen molar-refractivity contribution in [1.29, 1.82) is 0 Å². The van der Waals surface area contributed by atoms with Gasteiger partial charge in [0.1, 0.15) is 0 Å². The molecule has 9 heteroatoms. The van der Waals surface area contributed by atoms with E-state index < -0.39 is 0 Å². The third-order valence-corrected chi connectivity index (χ3v) is 8.45. The third kappa shape index (κ3) is 6.57. The van der Waals surface area contributed by atoms with Crippen LogP contribution in [-0.2, 0) is 4.79 Å². The summed E-state index contributed by atoms with van der Waals surface area (Å²) in [7, 11) is 0. The Balaban J connectivity index is 1.54. The monoisotopic (exact) mass is 545 g/mol. The van der Waals surface area contributed by atoms with Gasteiger partial charge in [0.25, 0.3) is 0 Å². The Morgan fingerprint density at radius 1 is 1.05 bits per heavy atom. The van der Waals surface area contributed by atoms with Gasteiger partial charge in [-0.15, -0.1) is 0 Å². The fraction of sp³-hybridized carbons (Fsp3) is 0.536. The Bertz CT molecular complexity index is 1100. The molecule has 2 aromatic rings. The van der Waals surface area contributed by atoms with Gasteiger partial charge in [0.15, 0.2) is 0 Å². The van der Waals surface area contributed by atoms with E-state index in [4.69, 9.17) is 28.9 Å². The fourth-order valence-electron chi connectivity index (χ4n) is 5.59. The number of hydrogen-bond donors (Lipinski definition) is 1. The molecule has 1 aromatic heterocycles. The Kier molecular flexibility index (Phi) is 8.66. The van der Waals surface area contributed by atoms with Crippen LogP contribution in [0.4, 0.5) is 4.79 Å². The van der Waals surface area contributed by atoms with E-state index in [-0.39, 0.29) is 35.4 Å². The van der Waals surface area contributed by atoms with Gasteiger partial charge in [0, 0.05) is 51.4 Å². The third-order valence-electron chi connectivity index (χ3n) is 7.71. The molecule has 0 aliphatic carbocycles. The van der Waals surface area contributed by atoms with Gasteiger partial charge in [-0.3, -0.25) is 14.7 Å². The van der Waals surface area contributed by atoms with E-state index in [1.165, 1.54) is 0 Å². The summed E-state index contributed by atoms with van der Waals surface area (Å²) in [6.45, 7) is 9.92. The highest BCUT2D eigenvalue weighted by Gasteiger charge is 2.41. The molecular formula is C28H37Cl2N5O2. The van der Waals surface area contributed by atoms with Gasteiger partial charge in [-0.2, -0.15) is 0 Å². The van der Waals surface area contributed by atoms with E-state index in [0.717, 1.165) is 37.2 Å². The van der Waals surface area contributed by atoms with Crippen LogP contribution in [0.15, 0.2) is 42.6 Å². The minimum atomic E-state index is -0.377. The van der Waals surface area contributed by atoms with E-state index in [1.54, 1.807) is 4.90 Å². The molecule has 1 unspecified atom stereocenters. The zero-order chi connectivity index (χ0) is 26.7. The highest BCUT2D eigenvalue weighted by atomic mass is 35.5. The lowest BCUT2D eigenvalue weighted by Gasteiger charge is -2.49. The number of aromatic nitrogens is 1. The summed E-state index contributed by atoms with van der Waals surface area (Å²) >= 11 is 12.6. The van der Waals surface area contributed by atoms with Crippen LogP contribution in [0.2, 0.25) is 10.0 Å². The number of urea groups is 1. The first kappa shape index (κ1) is 27.7. The van der Waals surface area contributed by atoms with E-state index in [0.29, 0.717) is 36.1 Å². The molecule has 0 bridgehead atoms. The Morgan fingerprint density at radius 3 is 2.38 bits per heavy atom. The maximum atomic E-state index is 13.6. The molecule has 1 aromatic carbocycles. The van der Waals surface area contributed by atoms with Gasteiger partial charge in [-0.05, 0) is 54.0 Å². The topological polar surface area (TPSA) is 82.8 Å². The molecule has 2 atom stereocenters. The minimum Gasteiger partial charge on any atom is -0.351 e. The van der Waals surface area contributed by atoms with Crippen molar-refractivity contribution in [2.75, 3.05) is 32.7 Å². The SMILES string of the molecule is CC(C)(C)[C@H]1CN(C(c2ccc(Cl)c(Cl)c2)c2ccccn2)CCN1C(=O)CC1CCN(C(N)=O)CC1. The normalized spacial score (nSPS) is 20.6. The average molecular weight is 547 g/mol. The first-order chi connectivity index (χ1) is 17.5. The van der Waals surface area contributed by atoms with Crippen LogP contribution in [0, 0.1) is 11.3 Å². The summed E-state index contributed by atoms with van der Waals surface area (Å²) in [6.07, 6.45) is 3.95.